The highest BCUT2D eigenvalue weighted by molar-refractivity contribution is 5.84. The van der Waals surface area contributed by atoms with E-state index in [-0.39, 0.29) is 6.79 Å². The lowest BCUT2D eigenvalue weighted by atomic mass is 9.97. The molecule has 0 radical (unpaired) electrons. The summed E-state index contributed by atoms with van der Waals surface area (Å²) in [6.45, 7) is 4.09. The molecule has 0 saturated heterocycles. The summed E-state index contributed by atoms with van der Waals surface area (Å²) in [6, 6.07) is 14.4. The summed E-state index contributed by atoms with van der Waals surface area (Å²) < 4.78 is 11.2. The molecular formula is C22H26O3. The largest absolute Gasteiger partial charge is 0.468 e. The highest BCUT2D eigenvalue weighted by atomic mass is 16.6. The van der Waals surface area contributed by atoms with Crippen LogP contribution in [0.25, 0.3) is 22.3 Å². The van der Waals surface area contributed by atoms with E-state index in [1.807, 2.05) is 18.2 Å². The van der Waals surface area contributed by atoms with Gasteiger partial charge in [-0.05, 0) is 48.6 Å². The zero-order valence-corrected chi connectivity index (χ0v) is 15.0. The molecule has 1 heterocycles. The first-order valence-corrected chi connectivity index (χ1v) is 9.14. The minimum Gasteiger partial charge on any atom is -0.468 e. The first-order chi connectivity index (χ1) is 12.2. The van der Waals surface area contributed by atoms with Crippen LogP contribution in [0, 0.1) is 0 Å². The Morgan fingerprint density at radius 1 is 1.00 bits per heavy atom. The van der Waals surface area contributed by atoms with Crippen molar-refractivity contribution in [3.63, 3.8) is 0 Å². The Labute approximate surface area is 149 Å². The molecule has 0 aliphatic carbocycles. The Kier molecular flexibility index (Phi) is 5.77. The van der Waals surface area contributed by atoms with Gasteiger partial charge >= 0.3 is 0 Å². The number of fused-ring (bicyclic) bond motifs is 1. The summed E-state index contributed by atoms with van der Waals surface area (Å²) in [5.41, 5.74) is 4.65. The monoisotopic (exact) mass is 338 g/mol. The van der Waals surface area contributed by atoms with Crippen LogP contribution >= 0.6 is 0 Å². The SMILES string of the molecule is CCCCCc1ccc(-c2cc3ccc(OCO)cc3o2)c(CC)c1. The van der Waals surface area contributed by atoms with Gasteiger partial charge in [0.15, 0.2) is 6.79 Å². The summed E-state index contributed by atoms with van der Waals surface area (Å²) in [7, 11) is 0. The number of hydrogen-bond donors (Lipinski definition) is 1. The van der Waals surface area contributed by atoms with Gasteiger partial charge in [-0.15, -0.1) is 0 Å². The van der Waals surface area contributed by atoms with E-state index in [1.165, 1.54) is 30.4 Å². The number of aryl methyl sites for hydroxylation is 2. The molecule has 0 bridgehead atoms. The number of rotatable bonds is 8. The maximum absolute atomic E-state index is 8.89. The molecule has 1 N–H and O–H groups in total. The van der Waals surface area contributed by atoms with Crippen molar-refractivity contribution < 1.29 is 14.3 Å². The molecule has 0 saturated carbocycles. The number of unbranched alkanes of at least 4 members (excludes halogenated alkanes) is 2. The van der Waals surface area contributed by atoms with Gasteiger partial charge < -0.3 is 14.3 Å². The zero-order valence-electron chi connectivity index (χ0n) is 15.0. The molecule has 3 aromatic rings. The van der Waals surface area contributed by atoms with Crippen molar-refractivity contribution in [3.05, 3.63) is 53.6 Å². The molecule has 3 heteroatoms. The fraction of sp³-hybridized carbons (Fsp3) is 0.364. The lowest BCUT2D eigenvalue weighted by molar-refractivity contribution is 0.0986. The molecule has 0 atom stereocenters. The normalized spacial score (nSPS) is 11.2. The molecule has 0 spiro atoms. The lowest BCUT2D eigenvalue weighted by Gasteiger charge is -2.09. The maximum Gasteiger partial charge on any atom is 0.186 e. The summed E-state index contributed by atoms with van der Waals surface area (Å²) in [5.74, 6) is 1.49. The molecule has 3 nitrogen and oxygen atoms in total. The van der Waals surface area contributed by atoms with Crippen LogP contribution in [0.3, 0.4) is 0 Å². The van der Waals surface area contributed by atoms with Gasteiger partial charge in [0.05, 0.1) is 0 Å². The minimum atomic E-state index is -0.335. The smallest absolute Gasteiger partial charge is 0.186 e. The molecule has 0 aliphatic heterocycles. The van der Waals surface area contributed by atoms with Crippen molar-refractivity contribution in [2.75, 3.05) is 6.79 Å². The summed E-state index contributed by atoms with van der Waals surface area (Å²) in [4.78, 5) is 0. The van der Waals surface area contributed by atoms with E-state index in [0.29, 0.717) is 5.75 Å². The van der Waals surface area contributed by atoms with E-state index < -0.39 is 0 Å². The van der Waals surface area contributed by atoms with Crippen molar-refractivity contribution >= 4 is 11.0 Å². The highest BCUT2D eigenvalue weighted by Crippen LogP contribution is 2.33. The topological polar surface area (TPSA) is 42.6 Å². The van der Waals surface area contributed by atoms with E-state index in [1.54, 1.807) is 0 Å². The van der Waals surface area contributed by atoms with Gasteiger partial charge in [0.25, 0.3) is 0 Å². The van der Waals surface area contributed by atoms with Crippen LogP contribution in [-0.2, 0) is 12.8 Å². The number of furan rings is 1. The van der Waals surface area contributed by atoms with Crippen molar-refractivity contribution in [2.45, 2.75) is 46.0 Å². The zero-order chi connectivity index (χ0) is 17.6. The van der Waals surface area contributed by atoms with Gasteiger partial charge in [-0.2, -0.15) is 0 Å². The molecule has 2 aromatic carbocycles. The predicted molar refractivity (Wildman–Crippen MR) is 102 cm³/mol. The second-order valence-electron chi connectivity index (χ2n) is 6.39. The average Bonchev–Trinajstić information content (AvgIpc) is 3.05. The van der Waals surface area contributed by atoms with Gasteiger partial charge in [-0.25, -0.2) is 0 Å². The minimum absolute atomic E-state index is 0.335. The predicted octanol–water partition coefficient (Wildman–Crippen LogP) is 5.72. The molecule has 0 unspecified atom stereocenters. The highest BCUT2D eigenvalue weighted by Gasteiger charge is 2.11. The average molecular weight is 338 g/mol. The van der Waals surface area contributed by atoms with Crippen LogP contribution in [-0.4, -0.2) is 11.9 Å². The van der Waals surface area contributed by atoms with Gasteiger partial charge in [0.2, 0.25) is 0 Å². The molecular weight excluding hydrogens is 312 g/mol. The third kappa shape index (κ3) is 4.05. The fourth-order valence-corrected chi connectivity index (χ4v) is 3.22. The van der Waals surface area contributed by atoms with Crippen molar-refractivity contribution in [1.82, 2.24) is 0 Å². The first kappa shape index (κ1) is 17.6. The quantitative estimate of drug-likeness (QED) is 0.422. The van der Waals surface area contributed by atoms with E-state index in [4.69, 9.17) is 14.3 Å². The molecule has 132 valence electrons. The lowest BCUT2D eigenvalue weighted by Crippen LogP contribution is -1.93. The standard InChI is InChI=1S/C22H26O3/c1-3-5-6-7-16-8-11-20(17(4-2)12-16)22-13-18-9-10-19(24-15-23)14-21(18)25-22/h8-14,23H,3-7,15H2,1-2H3. The number of benzene rings is 2. The number of aliphatic hydroxyl groups is 1. The van der Waals surface area contributed by atoms with E-state index in [9.17, 15) is 0 Å². The van der Waals surface area contributed by atoms with E-state index >= 15 is 0 Å². The summed E-state index contributed by atoms with van der Waals surface area (Å²) in [5, 5.41) is 9.93. The third-order valence-electron chi connectivity index (χ3n) is 4.61. The molecule has 0 aliphatic rings. The van der Waals surface area contributed by atoms with E-state index in [2.05, 4.69) is 38.1 Å². The maximum atomic E-state index is 8.89. The van der Waals surface area contributed by atoms with E-state index in [0.717, 1.165) is 35.1 Å². The van der Waals surface area contributed by atoms with Crippen LogP contribution in [0.1, 0.15) is 44.2 Å². The number of aliphatic hydroxyl groups excluding tert-OH is 1. The summed E-state index contributed by atoms with van der Waals surface area (Å²) in [6.07, 6.45) is 5.90. The molecule has 0 fully saturated rings. The van der Waals surface area contributed by atoms with Crippen LogP contribution < -0.4 is 4.74 Å². The Morgan fingerprint density at radius 3 is 2.64 bits per heavy atom. The fourth-order valence-electron chi connectivity index (χ4n) is 3.22. The van der Waals surface area contributed by atoms with Crippen LogP contribution in [0.15, 0.2) is 46.9 Å². The van der Waals surface area contributed by atoms with Gasteiger partial charge in [0, 0.05) is 17.0 Å². The van der Waals surface area contributed by atoms with Gasteiger partial charge in [-0.3, -0.25) is 0 Å². The first-order valence-electron chi connectivity index (χ1n) is 9.14. The number of hydrogen-bond acceptors (Lipinski definition) is 3. The Hall–Kier alpha value is -2.26. The van der Waals surface area contributed by atoms with Crippen LogP contribution in [0.5, 0.6) is 5.75 Å². The summed E-state index contributed by atoms with van der Waals surface area (Å²) >= 11 is 0. The molecule has 0 amide bonds. The van der Waals surface area contributed by atoms with Crippen molar-refractivity contribution in [3.8, 4) is 17.1 Å². The van der Waals surface area contributed by atoms with Crippen LogP contribution in [0.4, 0.5) is 0 Å². The van der Waals surface area contributed by atoms with Crippen LogP contribution in [0.2, 0.25) is 0 Å². The Bertz CT molecular complexity index is 832. The molecule has 1 aromatic heterocycles. The van der Waals surface area contributed by atoms with Gasteiger partial charge in [0.1, 0.15) is 17.1 Å². The van der Waals surface area contributed by atoms with Gasteiger partial charge in [-0.1, -0.05) is 44.9 Å². The van der Waals surface area contributed by atoms with Crippen molar-refractivity contribution in [2.24, 2.45) is 0 Å². The second kappa shape index (κ2) is 8.21. The Morgan fingerprint density at radius 2 is 1.88 bits per heavy atom. The second-order valence-corrected chi connectivity index (χ2v) is 6.39. The Balaban J connectivity index is 1.90. The van der Waals surface area contributed by atoms with Crippen molar-refractivity contribution in [1.29, 1.82) is 0 Å². The molecule has 3 rings (SSSR count). The third-order valence-corrected chi connectivity index (χ3v) is 4.61. The number of ether oxygens (including phenoxy) is 1. The molecule has 25 heavy (non-hydrogen) atoms.